The summed E-state index contributed by atoms with van der Waals surface area (Å²) in [6, 6.07) is 7.07. The van der Waals surface area contributed by atoms with E-state index in [-0.39, 0.29) is 17.9 Å². The van der Waals surface area contributed by atoms with E-state index in [1.165, 1.54) is 6.92 Å². The van der Waals surface area contributed by atoms with Crippen molar-refractivity contribution >= 4 is 17.5 Å². The average Bonchev–Trinajstić information content (AvgIpc) is 2.86. The molecule has 1 saturated carbocycles. The van der Waals surface area contributed by atoms with E-state index in [4.69, 9.17) is 5.73 Å². The third kappa shape index (κ3) is 3.57. The Labute approximate surface area is 118 Å². The molecule has 2 unspecified atom stereocenters. The van der Waals surface area contributed by atoms with Gasteiger partial charge in [-0.2, -0.15) is 0 Å². The van der Waals surface area contributed by atoms with Crippen molar-refractivity contribution in [1.82, 2.24) is 5.32 Å². The van der Waals surface area contributed by atoms with Gasteiger partial charge in [0, 0.05) is 24.2 Å². The minimum atomic E-state index is -0.126. The van der Waals surface area contributed by atoms with Crippen molar-refractivity contribution in [3.8, 4) is 0 Å². The number of anilines is 1. The number of rotatable bonds is 4. The summed E-state index contributed by atoms with van der Waals surface area (Å²) < 4.78 is 0. The van der Waals surface area contributed by atoms with E-state index in [1.807, 2.05) is 0 Å². The highest BCUT2D eigenvalue weighted by Gasteiger charge is 2.27. The molecule has 2 rings (SSSR count). The van der Waals surface area contributed by atoms with Crippen LogP contribution in [-0.2, 0) is 4.79 Å². The molecule has 1 aliphatic carbocycles. The van der Waals surface area contributed by atoms with E-state index < -0.39 is 0 Å². The third-order valence-corrected chi connectivity index (χ3v) is 3.75. The van der Waals surface area contributed by atoms with Crippen molar-refractivity contribution in [1.29, 1.82) is 0 Å². The fourth-order valence-corrected chi connectivity index (χ4v) is 2.67. The summed E-state index contributed by atoms with van der Waals surface area (Å²) in [5.41, 5.74) is 7.00. The quantitative estimate of drug-likeness (QED) is 0.778. The normalized spacial score (nSPS) is 21.5. The molecule has 0 bridgehead atoms. The first-order valence-electron chi connectivity index (χ1n) is 6.98. The van der Waals surface area contributed by atoms with Crippen molar-refractivity contribution in [2.45, 2.75) is 32.2 Å². The fraction of sp³-hybridized carbons (Fsp3) is 0.467. The van der Waals surface area contributed by atoms with E-state index in [0.717, 1.165) is 19.3 Å². The average molecular weight is 275 g/mol. The Morgan fingerprint density at radius 1 is 1.25 bits per heavy atom. The Bertz CT molecular complexity index is 484. The van der Waals surface area contributed by atoms with Crippen LogP contribution in [0.5, 0.6) is 0 Å². The van der Waals surface area contributed by atoms with Gasteiger partial charge in [-0.1, -0.05) is 6.42 Å². The van der Waals surface area contributed by atoms with Crippen LogP contribution in [0.2, 0.25) is 0 Å². The van der Waals surface area contributed by atoms with Crippen LogP contribution in [0.1, 0.15) is 36.5 Å². The molecule has 1 fully saturated rings. The second kappa shape index (κ2) is 6.52. The molecular formula is C15H21N3O2. The maximum atomic E-state index is 12.2. The first kappa shape index (κ1) is 14.5. The standard InChI is InChI=1S/C15H21N3O2/c1-10(19)17-13-7-5-11(6-8-13)15(20)18-14-4-2-3-12(14)9-16/h5-8,12,14H,2-4,9,16H2,1H3,(H,17,19)(H,18,20). The molecular weight excluding hydrogens is 254 g/mol. The molecule has 1 aliphatic rings. The minimum absolute atomic E-state index is 0.0790. The lowest BCUT2D eigenvalue weighted by Gasteiger charge is -2.19. The topological polar surface area (TPSA) is 84.2 Å². The zero-order valence-electron chi connectivity index (χ0n) is 11.7. The minimum Gasteiger partial charge on any atom is -0.349 e. The first-order valence-corrected chi connectivity index (χ1v) is 6.98. The molecule has 4 N–H and O–H groups in total. The van der Waals surface area contributed by atoms with Gasteiger partial charge in [0.25, 0.3) is 5.91 Å². The van der Waals surface area contributed by atoms with Crippen LogP contribution in [0.25, 0.3) is 0 Å². The highest BCUT2D eigenvalue weighted by Crippen LogP contribution is 2.24. The molecule has 0 aromatic heterocycles. The summed E-state index contributed by atoms with van der Waals surface area (Å²) in [5.74, 6) is 0.182. The molecule has 2 amide bonds. The second-order valence-electron chi connectivity index (χ2n) is 5.27. The van der Waals surface area contributed by atoms with Crippen LogP contribution in [0.4, 0.5) is 5.69 Å². The Morgan fingerprint density at radius 2 is 1.95 bits per heavy atom. The molecule has 0 aliphatic heterocycles. The molecule has 5 nitrogen and oxygen atoms in total. The predicted octanol–water partition coefficient (Wildman–Crippen LogP) is 1.50. The van der Waals surface area contributed by atoms with Crippen LogP contribution in [0, 0.1) is 5.92 Å². The molecule has 20 heavy (non-hydrogen) atoms. The van der Waals surface area contributed by atoms with Gasteiger partial charge in [-0.3, -0.25) is 9.59 Å². The fourth-order valence-electron chi connectivity index (χ4n) is 2.67. The van der Waals surface area contributed by atoms with Crippen molar-refractivity contribution in [3.05, 3.63) is 29.8 Å². The van der Waals surface area contributed by atoms with E-state index in [9.17, 15) is 9.59 Å². The lowest BCUT2D eigenvalue weighted by molar-refractivity contribution is -0.114. The van der Waals surface area contributed by atoms with Crippen molar-refractivity contribution < 1.29 is 9.59 Å². The Morgan fingerprint density at radius 3 is 2.55 bits per heavy atom. The highest BCUT2D eigenvalue weighted by molar-refractivity contribution is 5.95. The van der Waals surface area contributed by atoms with Gasteiger partial charge in [0.15, 0.2) is 0 Å². The Kier molecular flexibility index (Phi) is 4.74. The van der Waals surface area contributed by atoms with Gasteiger partial charge >= 0.3 is 0 Å². The third-order valence-electron chi connectivity index (χ3n) is 3.75. The number of benzene rings is 1. The van der Waals surface area contributed by atoms with E-state index >= 15 is 0 Å². The SMILES string of the molecule is CC(=O)Nc1ccc(C(=O)NC2CCCC2CN)cc1. The van der Waals surface area contributed by atoms with Gasteiger partial charge in [0.05, 0.1) is 0 Å². The summed E-state index contributed by atoms with van der Waals surface area (Å²) in [7, 11) is 0. The number of nitrogens with one attached hydrogen (secondary N) is 2. The second-order valence-corrected chi connectivity index (χ2v) is 5.27. The predicted molar refractivity (Wildman–Crippen MR) is 78.4 cm³/mol. The zero-order valence-corrected chi connectivity index (χ0v) is 11.7. The molecule has 0 radical (unpaired) electrons. The van der Waals surface area contributed by atoms with Gasteiger partial charge in [-0.05, 0) is 49.6 Å². The van der Waals surface area contributed by atoms with E-state index in [0.29, 0.717) is 23.7 Å². The van der Waals surface area contributed by atoms with Crippen LogP contribution in [0.3, 0.4) is 0 Å². The van der Waals surface area contributed by atoms with Crippen LogP contribution in [-0.4, -0.2) is 24.4 Å². The zero-order chi connectivity index (χ0) is 14.5. The molecule has 5 heteroatoms. The number of hydrogen-bond donors (Lipinski definition) is 3. The molecule has 0 spiro atoms. The van der Waals surface area contributed by atoms with Gasteiger partial charge < -0.3 is 16.4 Å². The monoisotopic (exact) mass is 275 g/mol. The number of amides is 2. The molecule has 108 valence electrons. The summed E-state index contributed by atoms with van der Waals surface area (Å²) in [5, 5.41) is 5.72. The smallest absolute Gasteiger partial charge is 0.251 e. The van der Waals surface area contributed by atoms with Crippen molar-refractivity contribution in [3.63, 3.8) is 0 Å². The number of carbonyl (C=O) groups excluding carboxylic acids is 2. The highest BCUT2D eigenvalue weighted by atomic mass is 16.2. The van der Waals surface area contributed by atoms with Crippen molar-refractivity contribution in [2.75, 3.05) is 11.9 Å². The van der Waals surface area contributed by atoms with Gasteiger partial charge in [-0.15, -0.1) is 0 Å². The summed E-state index contributed by atoms with van der Waals surface area (Å²) in [4.78, 5) is 23.1. The summed E-state index contributed by atoms with van der Waals surface area (Å²) in [6.45, 7) is 2.07. The Balaban J connectivity index is 1.97. The number of carbonyl (C=O) groups is 2. The maximum absolute atomic E-state index is 12.2. The van der Waals surface area contributed by atoms with E-state index in [1.54, 1.807) is 24.3 Å². The largest absolute Gasteiger partial charge is 0.349 e. The van der Waals surface area contributed by atoms with Crippen LogP contribution in [0.15, 0.2) is 24.3 Å². The number of nitrogens with two attached hydrogens (primary N) is 1. The molecule has 0 saturated heterocycles. The summed E-state index contributed by atoms with van der Waals surface area (Å²) >= 11 is 0. The molecule has 1 aromatic carbocycles. The Hall–Kier alpha value is -1.88. The van der Waals surface area contributed by atoms with Crippen LogP contribution < -0.4 is 16.4 Å². The van der Waals surface area contributed by atoms with Crippen molar-refractivity contribution in [2.24, 2.45) is 11.7 Å². The lowest BCUT2D eigenvalue weighted by Crippen LogP contribution is -2.39. The first-order chi connectivity index (χ1) is 9.60. The number of hydrogen-bond acceptors (Lipinski definition) is 3. The van der Waals surface area contributed by atoms with Gasteiger partial charge in [0.1, 0.15) is 0 Å². The maximum Gasteiger partial charge on any atom is 0.251 e. The summed E-state index contributed by atoms with van der Waals surface area (Å²) in [6.07, 6.45) is 3.20. The lowest BCUT2D eigenvalue weighted by atomic mass is 10.0. The van der Waals surface area contributed by atoms with Crippen LogP contribution >= 0.6 is 0 Å². The molecule has 2 atom stereocenters. The molecule has 1 aromatic rings. The van der Waals surface area contributed by atoms with Gasteiger partial charge in [-0.25, -0.2) is 0 Å². The van der Waals surface area contributed by atoms with Gasteiger partial charge in [0.2, 0.25) is 5.91 Å². The van der Waals surface area contributed by atoms with E-state index in [2.05, 4.69) is 10.6 Å². The molecule has 0 heterocycles.